The summed E-state index contributed by atoms with van der Waals surface area (Å²) in [4.78, 5) is 11.0. The number of H-pyrrole nitrogens is 1. The van der Waals surface area contributed by atoms with Gasteiger partial charge in [-0.1, -0.05) is 0 Å². The van der Waals surface area contributed by atoms with Crippen LogP contribution in [-0.4, -0.2) is 21.3 Å². The van der Waals surface area contributed by atoms with Gasteiger partial charge in [0.15, 0.2) is 0 Å². The number of nitrogens with two attached hydrogens (primary N) is 1. The highest BCUT2D eigenvalue weighted by Gasteiger charge is 2.10. The fourth-order valence-electron chi connectivity index (χ4n) is 1.28. The zero-order chi connectivity index (χ0) is 9.42. The molecule has 3 N–H and O–H groups in total. The Bertz CT molecular complexity index is 474. The molecular formula is C8H8N4O. The van der Waals surface area contributed by atoms with Crippen molar-refractivity contribution in [3.8, 4) is 0 Å². The molecule has 5 nitrogen and oxygen atoms in total. The molecule has 0 atom stereocenters. The van der Waals surface area contributed by atoms with Gasteiger partial charge in [0.25, 0.3) is 5.91 Å². The molecule has 1 heterocycles. The van der Waals surface area contributed by atoms with Gasteiger partial charge in [0.1, 0.15) is 11.0 Å². The largest absolute Gasteiger partial charge is 0.366 e. The quantitative estimate of drug-likeness (QED) is 0.658. The van der Waals surface area contributed by atoms with Crippen LogP contribution in [0.1, 0.15) is 15.9 Å². The second kappa shape index (κ2) is 2.55. The number of hydrogen-bond donors (Lipinski definition) is 2. The molecule has 0 aliphatic heterocycles. The SMILES string of the molecule is Cc1cc(C(N)=O)c2n[nH]nc2c1. The van der Waals surface area contributed by atoms with Gasteiger partial charge in [-0.15, -0.1) is 0 Å². The van der Waals surface area contributed by atoms with Gasteiger partial charge in [-0.3, -0.25) is 4.79 Å². The molecule has 0 unspecified atom stereocenters. The summed E-state index contributed by atoms with van der Waals surface area (Å²) in [6.45, 7) is 1.88. The molecule has 1 aromatic heterocycles. The van der Waals surface area contributed by atoms with Crippen LogP contribution in [0.15, 0.2) is 12.1 Å². The van der Waals surface area contributed by atoms with Crippen molar-refractivity contribution in [3.63, 3.8) is 0 Å². The van der Waals surface area contributed by atoms with Crippen LogP contribution in [0.3, 0.4) is 0 Å². The van der Waals surface area contributed by atoms with Crippen LogP contribution < -0.4 is 5.73 Å². The van der Waals surface area contributed by atoms with Gasteiger partial charge in [-0.25, -0.2) is 0 Å². The maximum absolute atomic E-state index is 11.0. The summed E-state index contributed by atoms with van der Waals surface area (Å²) in [6, 6.07) is 3.54. The zero-order valence-electron chi connectivity index (χ0n) is 7.03. The molecule has 0 saturated heterocycles. The van der Waals surface area contributed by atoms with E-state index in [2.05, 4.69) is 15.4 Å². The van der Waals surface area contributed by atoms with E-state index in [1.165, 1.54) is 0 Å². The lowest BCUT2D eigenvalue weighted by Gasteiger charge is -1.97. The average Bonchev–Trinajstić information content (AvgIpc) is 2.49. The first-order valence-corrected chi connectivity index (χ1v) is 3.79. The van der Waals surface area contributed by atoms with Crippen LogP contribution in [-0.2, 0) is 0 Å². The summed E-state index contributed by atoms with van der Waals surface area (Å²) in [6.07, 6.45) is 0. The first-order chi connectivity index (χ1) is 6.18. The van der Waals surface area contributed by atoms with Crippen molar-refractivity contribution in [3.05, 3.63) is 23.3 Å². The minimum absolute atomic E-state index is 0.406. The van der Waals surface area contributed by atoms with E-state index in [0.717, 1.165) is 5.56 Å². The minimum atomic E-state index is -0.484. The number of fused-ring (bicyclic) bond motifs is 1. The number of amides is 1. The van der Waals surface area contributed by atoms with Crippen LogP contribution in [0.25, 0.3) is 11.0 Å². The Balaban J connectivity index is 2.84. The lowest BCUT2D eigenvalue weighted by Crippen LogP contribution is -2.11. The molecule has 0 radical (unpaired) electrons. The van der Waals surface area contributed by atoms with E-state index in [1.54, 1.807) is 6.07 Å². The number of primary amides is 1. The lowest BCUT2D eigenvalue weighted by atomic mass is 10.1. The summed E-state index contributed by atoms with van der Waals surface area (Å²) in [7, 11) is 0. The van der Waals surface area contributed by atoms with Crippen LogP contribution >= 0.6 is 0 Å². The van der Waals surface area contributed by atoms with Gasteiger partial charge >= 0.3 is 0 Å². The highest BCUT2D eigenvalue weighted by atomic mass is 16.1. The third-order valence-corrected chi connectivity index (χ3v) is 1.83. The van der Waals surface area contributed by atoms with Crippen molar-refractivity contribution in [1.82, 2.24) is 15.4 Å². The van der Waals surface area contributed by atoms with Crippen molar-refractivity contribution in [2.75, 3.05) is 0 Å². The van der Waals surface area contributed by atoms with E-state index in [0.29, 0.717) is 16.6 Å². The normalized spacial score (nSPS) is 10.5. The van der Waals surface area contributed by atoms with E-state index in [-0.39, 0.29) is 0 Å². The molecule has 13 heavy (non-hydrogen) atoms. The molecule has 0 bridgehead atoms. The Hall–Kier alpha value is -1.91. The Morgan fingerprint density at radius 2 is 2.23 bits per heavy atom. The Morgan fingerprint density at radius 1 is 1.46 bits per heavy atom. The minimum Gasteiger partial charge on any atom is -0.366 e. The molecule has 2 rings (SSSR count). The molecule has 66 valence electrons. The summed E-state index contributed by atoms with van der Waals surface area (Å²) < 4.78 is 0. The highest BCUT2D eigenvalue weighted by Crippen LogP contribution is 2.15. The number of aromatic amines is 1. The van der Waals surface area contributed by atoms with Gasteiger partial charge in [0.05, 0.1) is 5.56 Å². The van der Waals surface area contributed by atoms with E-state index in [9.17, 15) is 4.79 Å². The Kier molecular flexibility index (Phi) is 1.51. The van der Waals surface area contributed by atoms with Crippen molar-refractivity contribution in [1.29, 1.82) is 0 Å². The highest BCUT2D eigenvalue weighted by molar-refractivity contribution is 6.04. The molecule has 0 saturated carbocycles. The number of carbonyl (C=O) groups is 1. The van der Waals surface area contributed by atoms with E-state index < -0.39 is 5.91 Å². The predicted molar refractivity (Wildman–Crippen MR) is 47.1 cm³/mol. The molecule has 0 spiro atoms. The first kappa shape index (κ1) is 7.72. The number of nitrogens with zero attached hydrogens (tertiary/aromatic N) is 2. The van der Waals surface area contributed by atoms with Crippen molar-refractivity contribution in [2.24, 2.45) is 5.73 Å². The smallest absolute Gasteiger partial charge is 0.251 e. The molecule has 0 aliphatic rings. The second-order valence-electron chi connectivity index (χ2n) is 2.87. The maximum Gasteiger partial charge on any atom is 0.251 e. The molecule has 1 aromatic carbocycles. The van der Waals surface area contributed by atoms with Gasteiger partial charge in [0.2, 0.25) is 0 Å². The van der Waals surface area contributed by atoms with E-state index in [4.69, 9.17) is 5.73 Å². The Labute approximate surface area is 73.9 Å². The van der Waals surface area contributed by atoms with Crippen LogP contribution in [0, 0.1) is 6.92 Å². The van der Waals surface area contributed by atoms with Crippen molar-refractivity contribution >= 4 is 16.9 Å². The average molecular weight is 176 g/mol. The molecular weight excluding hydrogens is 168 g/mol. The van der Waals surface area contributed by atoms with Gasteiger partial charge < -0.3 is 5.73 Å². The molecule has 0 fully saturated rings. The third-order valence-electron chi connectivity index (χ3n) is 1.83. The fraction of sp³-hybridized carbons (Fsp3) is 0.125. The van der Waals surface area contributed by atoms with Crippen LogP contribution in [0.5, 0.6) is 0 Å². The van der Waals surface area contributed by atoms with Crippen molar-refractivity contribution in [2.45, 2.75) is 6.92 Å². The zero-order valence-corrected chi connectivity index (χ0v) is 7.03. The third kappa shape index (κ3) is 1.14. The first-order valence-electron chi connectivity index (χ1n) is 3.79. The van der Waals surface area contributed by atoms with E-state index in [1.807, 2.05) is 13.0 Å². The monoisotopic (exact) mass is 176 g/mol. The lowest BCUT2D eigenvalue weighted by molar-refractivity contribution is 0.100. The standard InChI is InChI=1S/C8H8N4O/c1-4-2-5(8(9)13)7-6(3-4)10-12-11-7/h2-3H,1H3,(H2,9,13)(H,10,11,12). The van der Waals surface area contributed by atoms with Gasteiger partial charge in [0, 0.05) is 0 Å². The van der Waals surface area contributed by atoms with E-state index >= 15 is 0 Å². The molecule has 0 aliphatic carbocycles. The summed E-state index contributed by atoms with van der Waals surface area (Å²) in [5.74, 6) is -0.484. The number of benzene rings is 1. The summed E-state index contributed by atoms with van der Waals surface area (Å²) >= 11 is 0. The van der Waals surface area contributed by atoms with Crippen molar-refractivity contribution < 1.29 is 4.79 Å². The van der Waals surface area contributed by atoms with Crippen LogP contribution in [0.4, 0.5) is 0 Å². The van der Waals surface area contributed by atoms with Gasteiger partial charge in [-0.05, 0) is 24.6 Å². The summed E-state index contributed by atoms with van der Waals surface area (Å²) in [5.41, 5.74) is 7.72. The number of aromatic nitrogens is 3. The second-order valence-corrected chi connectivity index (χ2v) is 2.87. The Morgan fingerprint density at radius 3 is 2.92 bits per heavy atom. The van der Waals surface area contributed by atoms with Gasteiger partial charge in [-0.2, -0.15) is 15.4 Å². The predicted octanol–water partition coefficient (Wildman–Crippen LogP) is 0.365. The number of nitrogens with one attached hydrogen (secondary N) is 1. The molecule has 1 amide bonds. The maximum atomic E-state index is 11.0. The van der Waals surface area contributed by atoms with Crippen LogP contribution in [0.2, 0.25) is 0 Å². The number of carbonyl (C=O) groups excluding carboxylic acids is 1. The molecule has 2 aromatic rings. The number of hydrogen-bond acceptors (Lipinski definition) is 3. The topological polar surface area (TPSA) is 84.7 Å². The fourth-order valence-corrected chi connectivity index (χ4v) is 1.28. The summed E-state index contributed by atoms with van der Waals surface area (Å²) in [5, 5.41) is 10.2. The molecule has 5 heteroatoms. The number of aryl methyl sites for hydroxylation is 1. The number of rotatable bonds is 1.